The summed E-state index contributed by atoms with van der Waals surface area (Å²) in [4.78, 5) is 2.70. The van der Waals surface area contributed by atoms with Gasteiger partial charge in [0.05, 0.1) is 0 Å². The van der Waals surface area contributed by atoms with Crippen LogP contribution in [0.25, 0.3) is 0 Å². The number of nitrogens with two attached hydrogens (primary N) is 1. The molecule has 0 aromatic heterocycles. The summed E-state index contributed by atoms with van der Waals surface area (Å²) in [7, 11) is 0. The van der Waals surface area contributed by atoms with Crippen LogP contribution in [0.5, 0.6) is 0 Å². The number of hydrazine groups is 1. The fourth-order valence-electron chi connectivity index (χ4n) is 3.03. The summed E-state index contributed by atoms with van der Waals surface area (Å²) < 4.78 is 0. The Morgan fingerprint density at radius 2 is 1.92 bits per heavy atom. The first kappa shape index (κ1) is 9.44. The summed E-state index contributed by atoms with van der Waals surface area (Å²) in [6, 6.07) is 2.21. The minimum atomic E-state index is 0.575. The van der Waals surface area contributed by atoms with Crippen molar-refractivity contribution in [2.45, 2.75) is 57.2 Å². The molecule has 0 aromatic rings. The van der Waals surface area contributed by atoms with Gasteiger partial charge in [-0.3, -0.25) is 16.2 Å². The molecule has 2 saturated heterocycles. The number of rotatable bonds is 3. The molecule has 0 saturated carbocycles. The highest BCUT2D eigenvalue weighted by molar-refractivity contribution is 4.96. The molecule has 0 spiro atoms. The second kappa shape index (κ2) is 3.95. The lowest BCUT2D eigenvalue weighted by Gasteiger charge is -2.38. The summed E-state index contributed by atoms with van der Waals surface area (Å²) in [6.45, 7) is 3.55. The molecule has 2 heterocycles. The van der Waals surface area contributed by atoms with Crippen LogP contribution in [0.4, 0.5) is 0 Å². The van der Waals surface area contributed by atoms with Crippen LogP contribution < -0.4 is 11.3 Å². The molecule has 2 bridgehead atoms. The van der Waals surface area contributed by atoms with Crippen LogP contribution >= 0.6 is 0 Å². The van der Waals surface area contributed by atoms with Gasteiger partial charge in [0, 0.05) is 18.1 Å². The molecule has 2 fully saturated rings. The van der Waals surface area contributed by atoms with Crippen LogP contribution in [-0.4, -0.2) is 29.6 Å². The molecule has 2 atom stereocenters. The van der Waals surface area contributed by atoms with Gasteiger partial charge in [0.25, 0.3) is 0 Å². The Balaban J connectivity index is 1.96. The van der Waals surface area contributed by atoms with E-state index in [1.807, 2.05) is 0 Å². The van der Waals surface area contributed by atoms with Gasteiger partial charge in [0.2, 0.25) is 0 Å². The molecule has 3 nitrogen and oxygen atoms in total. The maximum absolute atomic E-state index is 5.51. The number of nitrogens with one attached hydrogen (secondary N) is 1. The molecule has 2 aliphatic rings. The average molecular weight is 183 g/mol. The van der Waals surface area contributed by atoms with E-state index >= 15 is 0 Å². The number of piperidine rings is 1. The van der Waals surface area contributed by atoms with E-state index in [1.54, 1.807) is 0 Å². The van der Waals surface area contributed by atoms with Crippen LogP contribution in [0.3, 0.4) is 0 Å². The van der Waals surface area contributed by atoms with Gasteiger partial charge in [0.15, 0.2) is 0 Å². The van der Waals surface area contributed by atoms with Crippen molar-refractivity contribution in [3.8, 4) is 0 Å². The van der Waals surface area contributed by atoms with Crippen molar-refractivity contribution < 1.29 is 0 Å². The third-order valence-electron chi connectivity index (χ3n) is 3.60. The normalized spacial score (nSPS) is 39.7. The number of fused-ring (bicyclic) bond motifs is 2. The maximum Gasteiger partial charge on any atom is 0.0240 e. The highest BCUT2D eigenvalue weighted by atomic mass is 15.3. The topological polar surface area (TPSA) is 41.3 Å². The van der Waals surface area contributed by atoms with Crippen LogP contribution in [0.2, 0.25) is 0 Å². The molecule has 13 heavy (non-hydrogen) atoms. The van der Waals surface area contributed by atoms with E-state index in [2.05, 4.69) is 17.2 Å². The molecule has 3 heteroatoms. The summed E-state index contributed by atoms with van der Waals surface area (Å²) in [5, 5.41) is 0. The molecule has 0 radical (unpaired) electrons. The molecule has 3 N–H and O–H groups in total. The second-order valence-electron chi connectivity index (χ2n) is 4.46. The zero-order valence-corrected chi connectivity index (χ0v) is 8.50. The Hall–Kier alpha value is -0.120. The Labute approximate surface area is 80.6 Å². The van der Waals surface area contributed by atoms with Crippen molar-refractivity contribution in [2.24, 2.45) is 5.84 Å². The third-order valence-corrected chi connectivity index (χ3v) is 3.60. The van der Waals surface area contributed by atoms with Gasteiger partial charge >= 0.3 is 0 Å². The smallest absolute Gasteiger partial charge is 0.0240 e. The highest BCUT2D eigenvalue weighted by Gasteiger charge is 2.39. The van der Waals surface area contributed by atoms with Crippen LogP contribution in [-0.2, 0) is 0 Å². The first-order valence-corrected chi connectivity index (χ1v) is 5.57. The van der Waals surface area contributed by atoms with E-state index in [4.69, 9.17) is 5.84 Å². The van der Waals surface area contributed by atoms with Gasteiger partial charge in [-0.2, -0.15) is 0 Å². The quantitative estimate of drug-likeness (QED) is 0.503. The number of hydrogen-bond donors (Lipinski definition) is 2. The molecule has 2 unspecified atom stereocenters. The van der Waals surface area contributed by atoms with Crippen LogP contribution in [0.1, 0.15) is 39.0 Å². The molecule has 76 valence electrons. The monoisotopic (exact) mass is 183 g/mol. The summed E-state index contributed by atoms with van der Waals surface area (Å²) in [5.41, 5.74) is 2.94. The molecular formula is C10H21N3. The van der Waals surface area contributed by atoms with Gasteiger partial charge in [-0.25, -0.2) is 0 Å². The Morgan fingerprint density at radius 1 is 1.31 bits per heavy atom. The highest BCUT2D eigenvalue weighted by Crippen LogP contribution is 2.35. The second-order valence-corrected chi connectivity index (χ2v) is 4.46. The van der Waals surface area contributed by atoms with Gasteiger partial charge in [-0.05, 0) is 38.6 Å². The first-order chi connectivity index (χ1) is 6.35. The lowest BCUT2D eigenvalue weighted by atomic mass is 9.98. The fraction of sp³-hybridized carbons (Fsp3) is 1.00. The lowest BCUT2D eigenvalue weighted by molar-refractivity contribution is 0.117. The van der Waals surface area contributed by atoms with Crippen molar-refractivity contribution in [1.82, 2.24) is 10.3 Å². The van der Waals surface area contributed by atoms with Gasteiger partial charge < -0.3 is 0 Å². The summed E-state index contributed by atoms with van der Waals surface area (Å²) in [5.74, 6) is 5.51. The van der Waals surface area contributed by atoms with E-state index in [0.29, 0.717) is 6.04 Å². The standard InChI is InChI=1S/C10H21N3/c1-2-5-13-9-3-4-10(13)7-8(6-9)12-11/h8-10,12H,2-7,11H2,1H3. The van der Waals surface area contributed by atoms with Gasteiger partial charge in [-0.1, -0.05) is 6.92 Å². The molecular weight excluding hydrogens is 162 g/mol. The predicted molar refractivity (Wildman–Crippen MR) is 54.2 cm³/mol. The van der Waals surface area contributed by atoms with Crippen molar-refractivity contribution in [3.05, 3.63) is 0 Å². The van der Waals surface area contributed by atoms with Gasteiger partial charge in [0.1, 0.15) is 0 Å². The van der Waals surface area contributed by atoms with Crippen molar-refractivity contribution in [3.63, 3.8) is 0 Å². The molecule has 0 aromatic carbocycles. The van der Waals surface area contributed by atoms with Crippen molar-refractivity contribution in [1.29, 1.82) is 0 Å². The summed E-state index contributed by atoms with van der Waals surface area (Å²) in [6.07, 6.45) is 6.58. The average Bonchev–Trinajstić information content (AvgIpc) is 2.39. The van der Waals surface area contributed by atoms with E-state index in [9.17, 15) is 0 Å². The molecule has 0 aliphatic carbocycles. The Kier molecular flexibility index (Phi) is 2.86. The molecule has 0 amide bonds. The predicted octanol–water partition coefficient (Wildman–Crippen LogP) is 0.855. The number of hydrogen-bond acceptors (Lipinski definition) is 3. The maximum atomic E-state index is 5.51. The van der Waals surface area contributed by atoms with E-state index in [-0.39, 0.29) is 0 Å². The lowest BCUT2D eigenvalue weighted by Crippen LogP contribution is -2.50. The van der Waals surface area contributed by atoms with E-state index in [0.717, 1.165) is 12.1 Å². The third kappa shape index (κ3) is 1.73. The summed E-state index contributed by atoms with van der Waals surface area (Å²) >= 11 is 0. The largest absolute Gasteiger partial charge is 0.297 e. The molecule has 2 aliphatic heterocycles. The zero-order valence-electron chi connectivity index (χ0n) is 8.50. The van der Waals surface area contributed by atoms with Crippen LogP contribution in [0.15, 0.2) is 0 Å². The van der Waals surface area contributed by atoms with Gasteiger partial charge in [-0.15, -0.1) is 0 Å². The minimum Gasteiger partial charge on any atom is -0.297 e. The molecule has 2 rings (SSSR count). The van der Waals surface area contributed by atoms with E-state index in [1.165, 1.54) is 38.6 Å². The number of nitrogens with zero attached hydrogens (tertiary/aromatic N) is 1. The first-order valence-electron chi connectivity index (χ1n) is 5.57. The van der Waals surface area contributed by atoms with Crippen LogP contribution in [0, 0.1) is 0 Å². The minimum absolute atomic E-state index is 0.575. The van der Waals surface area contributed by atoms with Crippen molar-refractivity contribution in [2.75, 3.05) is 6.54 Å². The Bertz CT molecular complexity index is 158. The Morgan fingerprint density at radius 3 is 2.38 bits per heavy atom. The fourth-order valence-corrected chi connectivity index (χ4v) is 3.03. The van der Waals surface area contributed by atoms with Crippen molar-refractivity contribution >= 4 is 0 Å². The van der Waals surface area contributed by atoms with E-state index < -0.39 is 0 Å². The zero-order chi connectivity index (χ0) is 9.26. The SMILES string of the molecule is CCCN1C2CCC1CC(NN)C2.